The summed E-state index contributed by atoms with van der Waals surface area (Å²) < 4.78 is 4.71. The fraction of sp³-hybridized carbons (Fsp3) is 0.316. The van der Waals surface area contributed by atoms with Crippen molar-refractivity contribution in [3.05, 3.63) is 120 Å². The van der Waals surface area contributed by atoms with E-state index in [4.69, 9.17) is 11.5 Å². The zero-order chi connectivity index (χ0) is 30.7. The summed E-state index contributed by atoms with van der Waals surface area (Å²) in [5.41, 5.74) is 18.0. The molecule has 2 aromatic heterocycles. The van der Waals surface area contributed by atoms with Crippen molar-refractivity contribution in [2.75, 3.05) is 23.0 Å². The standard InChI is InChI=1S/C38H46N4S2/c39-35-21-15-33(16-22-35)19-25-37-13-5-9-29-41(37)27-7-1-3-11-31-43-44-32-12-4-2-8-28-42-30-10-6-14-38(42)26-20-34-17-23-36(40)24-18-34/h5-6,9-10,13-26,29-30,39-40H,1-4,7-8,11-12,27-28,31-32H2/p+2. The van der Waals surface area contributed by atoms with Crippen LogP contribution in [0, 0.1) is 0 Å². The molecule has 4 N–H and O–H groups in total. The second-order valence-electron chi connectivity index (χ2n) is 11.1. The number of rotatable bonds is 19. The molecule has 230 valence electrons. The molecule has 44 heavy (non-hydrogen) atoms. The van der Waals surface area contributed by atoms with E-state index >= 15 is 0 Å². The summed E-state index contributed by atoms with van der Waals surface area (Å²) in [6.45, 7) is 2.13. The van der Waals surface area contributed by atoms with Crippen LogP contribution >= 0.6 is 21.6 Å². The Morgan fingerprint density at radius 2 is 0.864 bits per heavy atom. The van der Waals surface area contributed by atoms with Crippen molar-refractivity contribution in [2.24, 2.45) is 0 Å². The molecule has 0 atom stereocenters. The number of aryl methyl sites for hydroxylation is 2. The Labute approximate surface area is 272 Å². The van der Waals surface area contributed by atoms with E-state index in [0.717, 1.165) is 24.5 Å². The SMILES string of the molecule is Nc1ccc(/C=C/c2cccc[n+]2CCCCCCSSCCCCCC[n+]2ccccc2/C=C/c2ccc(N)cc2)cc1. The molecule has 4 aromatic rings. The number of anilines is 2. The van der Waals surface area contributed by atoms with Gasteiger partial charge in [-0.15, -0.1) is 0 Å². The first kappa shape index (κ1) is 33.4. The van der Waals surface area contributed by atoms with E-state index in [2.05, 4.69) is 128 Å². The van der Waals surface area contributed by atoms with Gasteiger partial charge in [0.15, 0.2) is 12.4 Å². The van der Waals surface area contributed by atoms with Crippen molar-refractivity contribution in [3.8, 4) is 0 Å². The first-order chi connectivity index (χ1) is 21.7. The van der Waals surface area contributed by atoms with Crippen LogP contribution < -0.4 is 20.6 Å². The van der Waals surface area contributed by atoms with Crippen molar-refractivity contribution < 1.29 is 9.13 Å². The van der Waals surface area contributed by atoms with Gasteiger partial charge in [-0.3, -0.25) is 0 Å². The van der Waals surface area contributed by atoms with Crippen LogP contribution in [-0.2, 0) is 13.1 Å². The van der Waals surface area contributed by atoms with Crippen LogP contribution in [0.1, 0.15) is 73.9 Å². The van der Waals surface area contributed by atoms with Gasteiger partial charge in [-0.1, -0.05) is 58.7 Å². The summed E-state index contributed by atoms with van der Waals surface area (Å²) in [7, 11) is 4.12. The Morgan fingerprint density at radius 3 is 1.30 bits per heavy atom. The molecule has 0 spiro atoms. The number of nitrogens with two attached hydrogens (primary N) is 2. The predicted molar refractivity (Wildman–Crippen MR) is 195 cm³/mol. The minimum atomic E-state index is 0.800. The number of hydrogen-bond donors (Lipinski definition) is 2. The molecule has 2 heterocycles. The molecule has 0 aliphatic heterocycles. The predicted octanol–water partition coefficient (Wildman–Crippen LogP) is 8.97. The molecule has 0 bridgehead atoms. The topological polar surface area (TPSA) is 59.8 Å². The van der Waals surface area contributed by atoms with Crippen LogP contribution in [0.3, 0.4) is 0 Å². The molecular weight excluding hydrogens is 577 g/mol. The molecule has 0 fully saturated rings. The fourth-order valence-electron chi connectivity index (χ4n) is 4.98. The summed E-state index contributed by atoms with van der Waals surface area (Å²) in [5.74, 6) is 2.52. The molecule has 0 saturated carbocycles. The van der Waals surface area contributed by atoms with E-state index in [1.54, 1.807) is 0 Å². The first-order valence-corrected chi connectivity index (χ1v) is 18.4. The summed E-state index contributed by atoms with van der Waals surface area (Å²) in [4.78, 5) is 0. The summed E-state index contributed by atoms with van der Waals surface area (Å²) >= 11 is 0. The lowest BCUT2D eigenvalue weighted by Crippen LogP contribution is -2.36. The molecule has 6 heteroatoms. The third-order valence-electron chi connectivity index (χ3n) is 7.55. The van der Waals surface area contributed by atoms with Crippen LogP contribution in [-0.4, -0.2) is 11.5 Å². The highest BCUT2D eigenvalue weighted by Crippen LogP contribution is 2.24. The lowest BCUT2D eigenvalue weighted by molar-refractivity contribution is -0.699. The van der Waals surface area contributed by atoms with Crippen LogP contribution in [0.5, 0.6) is 0 Å². The van der Waals surface area contributed by atoms with Gasteiger partial charge in [0.1, 0.15) is 13.1 Å². The number of hydrogen-bond acceptors (Lipinski definition) is 4. The summed E-state index contributed by atoms with van der Waals surface area (Å²) in [5, 5.41) is 0. The van der Waals surface area contributed by atoms with Crippen molar-refractivity contribution >= 4 is 57.3 Å². The van der Waals surface area contributed by atoms with Gasteiger partial charge in [-0.2, -0.15) is 9.13 Å². The van der Waals surface area contributed by atoms with E-state index < -0.39 is 0 Å². The molecule has 4 rings (SSSR count). The molecule has 4 nitrogen and oxygen atoms in total. The molecular formula is C38H48N4S2+2. The number of unbranched alkanes of at least 4 members (excludes halogenated alkanes) is 6. The molecule has 0 radical (unpaired) electrons. The lowest BCUT2D eigenvalue weighted by Gasteiger charge is -2.04. The van der Waals surface area contributed by atoms with E-state index in [0.29, 0.717) is 0 Å². The number of benzene rings is 2. The van der Waals surface area contributed by atoms with Gasteiger partial charge in [-0.05, 0) is 85.4 Å². The van der Waals surface area contributed by atoms with Crippen molar-refractivity contribution in [1.82, 2.24) is 0 Å². The van der Waals surface area contributed by atoms with E-state index in [1.807, 2.05) is 24.3 Å². The second kappa shape index (κ2) is 19.7. The normalized spacial score (nSPS) is 11.5. The van der Waals surface area contributed by atoms with Gasteiger partial charge in [0.25, 0.3) is 0 Å². The quantitative estimate of drug-likeness (QED) is 0.0473. The van der Waals surface area contributed by atoms with Crippen LogP contribution in [0.15, 0.2) is 97.3 Å². The van der Waals surface area contributed by atoms with Gasteiger partial charge >= 0.3 is 0 Å². The molecule has 2 aromatic carbocycles. The van der Waals surface area contributed by atoms with E-state index in [-0.39, 0.29) is 0 Å². The molecule has 0 saturated heterocycles. The minimum absolute atomic E-state index is 0.800. The highest BCUT2D eigenvalue weighted by atomic mass is 33.1. The van der Waals surface area contributed by atoms with E-state index in [1.165, 1.54) is 85.4 Å². The largest absolute Gasteiger partial charge is 0.399 e. The molecule has 0 amide bonds. The Balaban J connectivity index is 0.999. The highest BCUT2D eigenvalue weighted by Gasteiger charge is 2.07. The molecule has 0 aliphatic carbocycles. The Hall–Kier alpha value is -3.48. The highest BCUT2D eigenvalue weighted by molar-refractivity contribution is 8.76. The third kappa shape index (κ3) is 12.6. The lowest BCUT2D eigenvalue weighted by atomic mass is 10.1. The van der Waals surface area contributed by atoms with Crippen LogP contribution in [0.25, 0.3) is 24.3 Å². The first-order valence-electron chi connectivity index (χ1n) is 16.0. The maximum Gasteiger partial charge on any atom is 0.205 e. The summed E-state index contributed by atoms with van der Waals surface area (Å²) in [6.07, 6.45) is 23.3. The van der Waals surface area contributed by atoms with Crippen LogP contribution in [0.2, 0.25) is 0 Å². The van der Waals surface area contributed by atoms with Crippen LogP contribution in [0.4, 0.5) is 11.4 Å². The summed E-state index contributed by atoms with van der Waals surface area (Å²) in [6, 6.07) is 28.8. The Kier molecular flexibility index (Phi) is 15.0. The average molecular weight is 625 g/mol. The van der Waals surface area contributed by atoms with Crippen molar-refractivity contribution in [1.29, 1.82) is 0 Å². The monoisotopic (exact) mass is 624 g/mol. The van der Waals surface area contributed by atoms with Gasteiger partial charge in [0.05, 0.1) is 0 Å². The van der Waals surface area contributed by atoms with Crippen molar-refractivity contribution in [2.45, 2.75) is 64.5 Å². The van der Waals surface area contributed by atoms with Gasteiger partial charge in [-0.25, -0.2) is 0 Å². The minimum Gasteiger partial charge on any atom is -0.399 e. The number of nitrogen functional groups attached to an aromatic ring is 2. The second-order valence-corrected chi connectivity index (χ2v) is 13.8. The fourth-order valence-corrected chi connectivity index (χ4v) is 7.27. The number of aromatic nitrogens is 2. The zero-order valence-corrected chi connectivity index (χ0v) is 27.5. The molecule has 0 aliphatic rings. The maximum atomic E-state index is 5.80. The third-order valence-corrected chi connectivity index (χ3v) is 10.1. The smallest absolute Gasteiger partial charge is 0.205 e. The van der Waals surface area contributed by atoms with Gasteiger partial charge < -0.3 is 11.5 Å². The molecule has 0 unspecified atom stereocenters. The van der Waals surface area contributed by atoms with Gasteiger partial charge in [0.2, 0.25) is 11.4 Å². The number of pyridine rings is 2. The van der Waals surface area contributed by atoms with Gasteiger partial charge in [0, 0.05) is 72.1 Å². The Bertz CT molecular complexity index is 1320. The van der Waals surface area contributed by atoms with E-state index in [9.17, 15) is 0 Å². The maximum absolute atomic E-state index is 5.80. The number of nitrogens with zero attached hydrogens (tertiary/aromatic N) is 2. The average Bonchev–Trinajstić information content (AvgIpc) is 3.05. The Morgan fingerprint density at radius 1 is 0.455 bits per heavy atom. The zero-order valence-electron chi connectivity index (χ0n) is 25.9. The van der Waals surface area contributed by atoms with Crippen molar-refractivity contribution in [3.63, 3.8) is 0 Å².